The number of sulfonamides is 1. The van der Waals surface area contributed by atoms with E-state index in [2.05, 4.69) is 25.4 Å². The lowest BCUT2D eigenvalue weighted by atomic mass is 10.2. The molecule has 3 aromatic rings. The maximum absolute atomic E-state index is 12.8. The monoisotopic (exact) mass is 405 g/mol. The molecule has 10 heteroatoms. The number of rotatable bonds is 5. The zero-order chi connectivity index (χ0) is 19.6. The molecule has 3 N–H and O–H groups in total. The zero-order valence-electron chi connectivity index (χ0n) is 14.4. The third-order valence-corrected chi connectivity index (χ3v) is 5.63. The number of halogens is 1. The van der Waals surface area contributed by atoms with Gasteiger partial charge in [-0.25, -0.2) is 8.42 Å². The van der Waals surface area contributed by atoms with E-state index in [4.69, 9.17) is 11.6 Å². The molecule has 0 saturated heterocycles. The minimum atomic E-state index is -3.91. The highest BCUT2D eigenvalue weighted by molar-refractivity contribution is 7.92. The van der Waals surface area contributed by atoms with Gasteiger partial charge < -0.3 is 5.32 Å². The van der Waals surface area contributed by atoms with Gasteiger partial charge in [-0.15, -0.1) is 0 Å². The highest BCUT2D eigenvalue weighted by Crippen LogP contribution is 2.27. The van der Waals surface area contributed by atoms with Crippen LogP contribution in [0.3, 0.4) is 0 Å². The SMILES string of the molecule is Cc1ccc(NC(=O)c2n[nH]nc2C)cc1S(=O)(=O)Nc1ccccc1Cl. The Kier molecular flexibility index (Phi) is 5.15. The van der Waals surface area contributed by atoms with Crippen LogP contribution in [0.4, 0.5) is 11.4 Å². The third-order valence-electron chi connectivity index (χ3n) is 3.79. The molecule has 1 aromatic heterocycles. The van der Waals surface area contributed by atoms with Crippen molar-refractivity contribution in [1.29, 1.82) is 0 Å². The summed E-state index contributed by atoms with van der Waals surface area (Å²) in [6, 6.07) is 11.1. The fourth-order valence-corrected chi connectivity index (χ4v) is 3.99. The molecule has 27 heavy (non-hydrogen) atoms. The molecular formula is C17H16ClN5O3S. The van der Waals surface area contributed by atoms with Crippen LogP contribution in [0.15, 0.2) is 47.4 Å². The van der Waals surface area contributed by atoms with Crippen LogP contribution in [0.25, 0.3) is 0 Å². The second kappa shape index (κ2) is 7.37. The number of H-pyrrole nitrogens is 1. The van der Waals surface area contributed by atoms with Crippen molar-refractivity contribution in [2.24, 2.45) is 0 Å². The first-order valence-electron chi connectivity index (χ1n) is 7.84. The van der Waals surface area contributed by atoms with Gasteiger partial charge in [0.2, 0.25) is 0 Å². The van der Waals surface area contributed by atoms with E-state index in [1.54, 1.807) is 50.2 Å². The molecule has 3 rings (SSSR count). The fraction of sp³-hybridized carbons (Fsp3) is 0.118. The predicted molar refractivity (Wildman–Crippen MR) is 103 cm³/mol. The van der Waals surface area contributed by atoms with E-state index in [9.17, 15) is 13.2 Å². The number of carbonyl (C=O) groups is 1. The molecule has 0 radical (unpaired) electrons. The maximum atomic E-state index is 12.8. The first kappa shape index (κ1) is 18.9. The third kappa shape index (κ3) is 4.09. The molecule has 0 spiro atoms. The van der Waals surface area contributed by atoms with Crippen molar-refractivity contribution < 1.29 is 13.2 Å². The number of nitrogens with zero attached hydrogens (tertiary/aromatic N) is 2. The van der Waals surface area contributed by atoms with Crippen LogP contribution in [0.5, 0.6) is 0 Å². The summed E-state index contributed by atoms with van der Waals surface area (Å²) in [5, 5.41) is 12.8. The molecule has 0 atom stereocenters. The predicted octanol–water partition coefficient (Wildman–Crippen LogP) is 3.13. The Balaban J connectivity index is 1.90. The molecule has 0 saturated carbocycles. The average Bonchev–Trinajstić information content (AvgIpc) is 3.04. The van der Waals surface area contributed by atoms with Gasteiger partial charge in [-0.3, -0.25) is 9.52 Å². The van der Waals surface area contributed by atoms with Crippen LogP contribution in [-0.4, -0.2) is 29.7 Å². The summed E-state index contributed by atoms with van der Waals surface area (Å²) in [5.41, 5.74) is 1.67. The number of aromatic nitrogens is 3. The van der Waals surface area contributed by atoms with E-state index in [1.807, 2.05) is 0 Å². The van der Waals surface area contributed by atoms with Crippen molar-refractivity contribution in [2.45, 2.75) is 18.7 Å². The lowest BCUT2D eigenvalue weighted by molar-refractivity contribution is 0.102. The van der Waals surface area contributed by atoms with Crippen LogP contribution in [0.2, 0.25) is 5.02 Å². The molecule has 8 nitrogen and oxygen atoms in total. The second-order valence-electron chi connectivity index (χ2n) is 5.78. The summed E-state index contributed by atoms with van der Waals surface area (Å²) in [6.07, 6.45) is 0. The van der Waals surface area contributed by atoms with Gasteiger partial charge >= 0.3 is 0 Å². The summed E-state index contributed by atoms with van der Waals surface area (Å²) in [4.78, 5) is 12.3. The Morgan fingerprint density at radius 2 is 1.85 bits per heavy atom. The van der Waals surface area contributed by atoms with Gasteiger partial charge in [-0.1, -0.05) is 29.8 Å². The molecule has 140 valence electrons. The summed E-state index contributed by atoms with van der Waals surface area (Å²) in [7, 11) is -3.91. The van der Waals surface area contributed by atoms with Gasteiger partial charge in [0.15, 0.2) is 5.69 Å². The smallest absolute Gasteiger partial charge is 0.278 e. The number of anilines is 2. The Morgan fingerprint density at radius 3 is 2.52 bits per heavy atom. The Labute approximate surface area is 161 Å². The van der Waals surface area contributed by atoms with Crippen molar-refractivity contribution in [2.75, 3.05) is 10.0 Å². The normalized spacial score (nSPS) is 11.2. The largest absolute Gasteiger partial charge is 0.320 e. The van der Waals surface area contributed by atoms with E-state index < -0.39 is 15.9 Å². The van der Waals surface area contributed by atoms with Gasteiger partial charge in [-0.2, -0.15) is 15.4 Å². The summed E-state index contributed by atoms with van der Waals surface area (Å²) in [5.74, 6) is -0.493. The number of nitrogens with one attached hydrogen (secondary N) is 3. The molecule has 0 aliphatic rings. The van der Waals surface area contributed by atoms with Crippen molar-refractivity contribution in [3.63, 3.8) is 0 Å². The number of hydrogen-bond donors (Lipinski definition) is 3. The highest BCUT2D eigenvalue weighted by atomic mass is 35.5. The summed E-state index contributed by atoms with van der Waals surface area (Å²) >= 11 is 6.03. The molecular weight excluding hydrogens is 390 g/mol. The Morgan fingerprint density at radius 1 is 1.11 bits per heavy atom. The number of aromatic amines is 1. The molecule has 0 unspecified atom stereocenters. The minimum Gasteiger partial charge on any atom is -0.320 e. The van der Waals surface area contributed by atoms with E-state index >= 15 is 0 Å². The molecule has 0 bridgehead atoms. The van der Waals surface area contributed by atoms with Crippen LogP contribution >= 0.6 is 11.6 Å². The second-order valence-corrected chi connectivity index (χ2v) is 7.84. The molecule has 2 aromatic carbocycles. The summed E-state index contributed by atoms with van der Waals surface area (Å²) < 4.78 is 28.0. The van der Waals surface area contributed by atoms with Gasteiger partial charge in [0.25, 0.3) is 15.9 Å². The van der Waals surface area contributed by atoms with Crippen LogP contribution in [0, 0.1) is 13.8 Å². The van der Waals surface area contributed by atoms with Gasteiger partial charge in [0.1, 0.15) is 0 Å². The molecule has 1 amide bonds. The number of carbonyl (C=O) groups excluding carboxylic acids is 1. The van der Waals surface area contributed by atoms with Crippen LogP contribution in [-0.2, 0) is 10.0 Å². The zero-order valence-corrected chi connectivity index (χ0v) is 16.0. The van der Waals surface area contributed by atoms with E-state index in [-0.39, 0.29) is 21.3 Å². The maximum Gasteiger partial charge on any atom is 0.278 e. The fourth-order valence-electron chi connectivity index (χ4n) is 2.40. The van der Waals surface area contributed by atoms with Crippen molar-refractivity contribution in [3.8, 4) is 0 Å². The van der Waals surface area contributed by atoms with Crippen molar-refractivity contribution in [1.82, 2.24) is 15.4 Å². The van der Waals surface area contributed by atoms with Gasteiger partial charge in [-0.05, 0) is 43.7 Å². The van der Waals surface area contributed by atoms with Gasteiger partial charge in [0.05, 0.1) is 21.3 Å². The topological polar surface area (TPSA) is 117 Å². The number of para-hydroxylation sites is 1. The number of aryl methyl sites for hydroxylation is 2. The van der Waals surface area contributed by atoms with Gasteiger partial charge in [0, 0.05) is 5.69 Å². The van der Waals surface area contributed by atoms with Crippen LogP contribution < -0.4 is 10.0 Å². The lowest BCUT2D eigenvalue weighted by Crippen LogP contribution is -2.17. The molecule has 1 heterocycles. The van der Waals surface area contributed by atoms with Crippen molar-refractivity contribution >= 4 is 38.9 Å². The lowest BCUT2D eigenvalue weighted by Gasteiger charge is -2.13. The first-order chi connectivity index (χ1) is 12.8. The number of benzene rings is 2. The Bertz CT molecular complexity index is 1110. The quantitative estimate of drug-likeness (QED) is 0.602. The van der Waals surface area contributed by atoms with E-state index in [1.165, 1.54) is 6.07 Å². The Hall–Kier alpha value is -2.91. The van der Waals surface area contributed by atoms with Crippen LogP contribution in [0.1, 0.15) is 21.7 Å². The first-order valence-corrected chi connectivity index (χ1v) is 9.71. The minimum absolute atomic E-state index is 0.0251. The van der Waals surface area contributed by atoms with E-state index in [0.29, 0.717) is 16.9 Å². The number of amides is 1. The van der Waals surface area contributed by atoms with E-state index in [0.717, 1.165) is 0 Å². The number of hydrogen-bond acceptors (Lipinski definition) is 5. The molecule has 0 aliphatic carbocycles. The highest BCUT2D eigenvalue weighted by Gasteiger charge is 2.20. The molecule has 0 aliphatic heterocycles. The standard InChI is InChI=1S/C17H16ClN5O3S/c1-10-7-8-12(19-17(24)16-11(2)20-23-21-16)9-15(10)27(25,26)22-14-6-4-3-5-13(14)18/h3-9,22H,1-2H3,(H,19,24)(H,20,21,23). The average molecular weight is 406 g/mol. The molecule has 0 fully saturated rings. The summed E-state index contributed by atoms with van der Waals surface area (Å²) in [6.45, 7) is 3.30. The van der Waals surface area contributed by atoms with Crippen molar-refractivity contribution in [3.05, 3.63) is 64.4 Å².